The van der Waals surface area contributed by atoms with Crippen LogP contribution in [0.4, 0.5) is 0 Å². The fourth-order valence-electron chi connectivity index (χ4n) is 3.62. The zero-order valence-corrected chi connectivity index (χ0v) is 14.3. The quantitative estimate of drug-likeness (QED) is 0.830. The second kappa shape index (κ2) is 6.64. The molecule has 1 amide bonds. The van der Waals surface area contributed by atoms with E-state index in [9.17, 15) is 4.79 Å². The number of piperidine rings is 1. The summed E-state index contributed by atoms with van der Waals surface area (Å²) in [7, 11) is 1.69. The maximum Gasteiger partial charge on any atom is 0.229 e. The molecule has 3 heterocycles. The third-order valence-electron chi connectivity index (χ3n) is 5.03. The van der Waals surface area contributed by atoms with E-state index in [0.717, 1.165) is 62.7 Å². The number of nitrogens with zero attached hydrogens (tertiary/aromatic N) is 3. The van der Waals surface area contributed by atoms with Gasteiger partial charge < -0.3 is 9.64 Å². The number of ether oxygens (including phenoxy) is 1. The third kappa shape index (κ3) is 3.19. The molecular formula is C16H25N3O2S. The highest BCUT2D eigenvalue weighted by Gasteiger charge is 2.47. The van der Waals surface area contributed by atoms with E-state index in [2.05, 4.69) is 15.3 Å². The van der Waals surface area contributed by atoms with Crippen LogP contribution >= 0.6 is 11.3 Å². The topological polar surface area (TPSA) is 45.7 Å². The second-order valence-electron chi connectivity index (χ2n) is 6.45. The normalized spacial score (nSPS) is 21.9. The molecule has 0 atom stereocenters. The second-order valence-corrected chi connectivity index (χ2v) is 7.51. The van der Waals surface area contributed by atoms with Gasteiger partial charge in [-0.15, -0.1) is 11.3 Å². The van der Waals surface area contributed by atoms with E-state index >= 15 is 0 Å². The molecule has 122 valence electrons. The van der Waals surface area contributed by atoms with Crippen LogP contribution in [-0.2, 0) is 16.1 Å². The molecule has 0 saturated carbocycles. The highest BCUT2D eigenvalue weighted by Crippen LogP contribution is 2.41. The van der Waals surface area contributed by atoms with Crippen LogP contribution in [0.25, 0.3) is 0 Å². The molecule has 22 heavy (non-hydrogen) atoms. The molecule has 2 fully saturated rings. The number of aromatic nitrogens is 1. The van der Waals surface area contributed by atoms with Gasteiger partial charge >= 0.3 is 0 Å². The van der Waals surface area contributed by atoms with Gasteiger partial charge in [0.1, 0.15) is 0 Å². The van der Waals surface area contributed by atoms with Crippen molar-refractivity contribution in [1.29, 1.82) is 0 Å². The lowest BCUT2D eigenvalue weighted by Crippen LogP contribution is -2.44. The Morgan fingerprint density at radius 3 is 2.68 bits per heavy atom. The Morgan fingerprint density at radius 2 is 2.05 bits per heavy atom. The molecule has 0 aliphatic carbocycles. The molecule has 2 aliphatic rings. The number of hydrogen-bond acceptors (Lipinski definition) is 5. The van der Waals surface area contributed by atoms with Crippen LogP contribution in [0.5, 0.6) is 0 Å². The zero-order chi connectivity index (χ0) is 15.6. The van der Waals surface area contributed by atoms with Crippen LogP contribution < -0.4 is 0 Å². The van der Waals surface area contributed by atoms with Gasteiger partial charge in [-0.05, 0) is 39.3 Å². The first-order valence-electron chi connectivity index (χ1n) is 8.05. The van der Waals surface area contributed by atoms with E-state index in [1.54, 1.807) is 18.4 Å². The van der Waals surface area contributed by atoms with Crippen molar-refractivity contribution in [2.24, 2.45) is 5.41 Å². The molecule has 2 aliphatic heterocycles. The Hall–Kier alpha value is -0.980. The standard InChI is InChI=1S/C16H25N3O2S/c1-13-17-14(12-22-13)11-18-6-3-16(4-7-18)5-8-19(15(16)20)9-10-21-2/h12H,3-11H2,1-2H3. The number of hydrogen-bond donors (Lipinski definition) is 0. The molecule has 1 aromatic heterocycles. The van der Waals surface area contributed by atoms with E-state index in [0.29, 0.717) is 12.5 Å². The van der Waals surface area contributed by atoms with Crippen molar-refractivity contribution < 1.29 is 9.53 Å². The summed E-state index contributed by atoms with van der Waals surface area (Å²) in [6, 6.07) is 0. The van der Waals surface area contributed by atoms with Crippen LogP contribution in [0, 0.1) is 12.3 Å². The van der Waals surface area contributed by atoms with Crippen molar-refractivity contribution in [3.05, 3.63) is 16.1 Å². The molecule has 6 heteroatoms. The van der Waals surface area contributed by atoms with E-state index in [1.165, 1.54) is 0 Å². The smallest absolute Gasteiger partial charge is 0.229 e. The van der Waals surface area contributed by atoms with Gasteiger partial charge in [-0.3, -0.25) is 9.69 Å². The Balaban J connectivity index is 1.54. The number of likely N-dealkylation sites (tertiary alicyclic amines) is 2. The van der Waals surface area contributed by atoms with Crippen molar-refractivity contribution in [3.8, 4) is 0 Å². The number of methoxy groups -OCH3 is 1. The largest absolute Gasteiger partial charge is 0.383 e. The summed E-state index contributed by atoms with van der Waals surface area (Å²) in [5, 5.41) is 3.27. The molecule has 5 nitrogen and oxygen atoms in total. The maximum absolute atomic E-state index is 12.7. The minimum atomic E-state index is -0.0950. The van der Waals surface area contributed by atoms with Gasteiger partial charge in [-0.25, -0.2) is 4.98 Å². The van der Waals surface area contributed by atoms with Gasteiger partial charge in [0.05, 0.1) is 22.7 Å². The van der Waals surface area contributed by atoms with E-state index in [1.807, 2.05) is 11.8 Å². The molecule has 0 bridgehead atoms. The first kappa shape index (κ1) is 15.9. The number of amides is 1. The fraction of sp³-hybridized carbons (Fsp3) is 0.750. The molecule has 2 saturated heterocycles. The van der Waals surface area contributed by atoms with E-state index < -0.39 is 0 Å². The Labute approximate surface area is 136 Å². The molecule has 0 N–H and O–H groups in total. The van der Waals surface area contributed by atoms with Crippen LogP contribution in [0.1, 0.15) is 30.0 Å². The van der Waals surface area contributed by atoms with Crippen molar-refractivity contribution in [2.45, 2.75) is 32.7 Å². The third-order valence-corrected chi connectivity index (χ3v) is 5.85. The number of carbonyl (C=O) groups is 1. The highest BCUT2D eigenvalue weighted by atomic mass is 32.1. The monoisotopic (exact) mass is 323 g/mol. The first-order valence-corrected chi connectivity index (χ1v) is 8.93. The van der Waals surface area contributed by atoms with Crippen LogP contribution in [0.15, 0.2) is 5.38 Å². The van der Waals surface area contributed by atoms with Crippen molar-refractivity contribution in [1.82, 2.24) is 14.8 Å². The van der Waals surface area contributed by atoms with E-state index in [4.69, 9.17) is 4.74 Å². The van der Waals surface area contributed by atoms with Crippen molar-refractivity contribution in [2.75, 3.05) is 39.9 Å². The lowest BCUT2D eigenvalue weighted by Gasteiger charge is -2.37. The SMILES string of the molecule is COCCN1CCC2(CCN(Cc3csc(C)n3)CC2)C1=O. The Kier molecular flexibility index (Phi) is 4.80. The number of aryl methyl sites for hydroxylation is 1. The predicted octanol–water partition coefficient (Wildman–Crippen LogP) is 1.91. The maximum atomic E-state index is 12.7. The van der Waals surface area contributed by atoms with Crippen LogP contribution in [-0.4, -0.2) is 60.6 Å². The van der Waals surface area contributed by atoms with Gasteiger partial charge in [-0.2, -0.15) is 0 Å². The Morgan fingerprint density at radius 1 is 1.32 bits per heavy atom. The predicted molar refractivity (Wildman–Crippen MR) is 86.9 cm³/mol. The summed E-state index contributed by atoms with van der Waals surface area (Å²) in [4.78, 5) is 21.7. The first-order chi connectivity index (χ1) is 10.6. The van der Waals surface area contributed by atoms with Crippen LogP contribution in [0.3, 0.4) is 0 Å². The van der Waals surface area contributed by atoms with Crippen molar-refractivity contribution >= 4 is 17.2 Å². The zero-order valence-electron chi connectivity index (χ0n) is 13.5. The lowest BCUT2D eigenvalue weighted by molar-refractivity contribution is -0.138. The molecule has 0 unspecified atom stereocenters. The van der Waals surface area contributed by atoms with Gasteiger partial charge in [0.25, 0.3) is 0 Å². The summed E-state index contributed by atoms with van der Waals surface area (Å²) in [5.41, 5.74) is 1.07. The fourth-order valence-corrected chi connectivity index (χ4v) is 4.22. The summed E-state index contributed by atoms with van der Waals surface area (Å²) in [6.45, 7) is 7.23. The average molecular weight is 323 g/mol. The molecule has 0 aromatic carbocycles. The van der Waals surface area contributed by atoms with Gasteiger partial charge in [0.2, 0.25) is 5.91 Å². The molecule has 0 radical (unpaired) electrons. The number of rotatable bonds is 5. The minimum absolute atomic E-state index is 0.0950. The van der Waals surface area contributed by atoms with Gasteiger partial charge in [-0.1, -0.05) is 0 Å². The van der Waals surface area contributed by atoms with Gasteiger partial charge in [0.15, 0.2) is 0 Å². The average Bonchev–Trinajstić information content (AvgIpc) is 3.05. The van der Waals surface area contributed by atoms with Crippen LogP contribution in [0.2, 0.25) is 0 Å². The molecular weight excluding hydrogens is 298 g/mol. The summed E-state index contributed by atoms with van der Waals surface area (Å²) in [5.74, 6) is 0.355. The lowest BCUT2D eigenvalue weighted by atomic mass is 9.77. The van der Waals surface area contributed by atoms with E-state index in [-0.39, 0.29) is 5.41 Å². The van der Waals surface area contributed by atoms with Crippen molar-refractivity contribution in [3.63, 3.8) is 0 Å². The highest BCUT2D eigenvalue weighted by molar-refractivity contribution is 7.09. The Bertz CT molecular complexity index is 523. The summed E-state index contributed by atoms with van der Waals surface area (Å²) in [6.07, 6.45) is 2.98. The minimum Gasteiger partial charge on any atom is -0.383 e. The summed E-state index contributed by atoms with van der Waals surface area (Å²) >= 11 is 1.71. The number of thiazole rings is 1. The number of carbonyl (C=O) groups excluding carboxylic acids is 1. The molecule has 1 aromatic rings. The molecule has 3 rings (SSSR count). The summed E-state index contributed by atoms with van der Waals surface area (Å²) < 4.78 is 5.11. The molecule has 1 spiro atoms. The van der Waals surface area contributed by atoms with Gasteiger partial charge in [0, 0.05) is 32.1 Å².